The van der Waals surface area contributed by atoms with Crippen molar-refractivity contribution in [2.45, 2.75) is 63.5 Å². The molecule has 2 aliphatic heterocycles. The van der Waals surface area contributed by atoms with Crippen molar-refractivity contribution in [3.05, 3.63) is 28.9 Å². The summed E-state index contributed by atoms with van der Waals surface area (Å²) in [7, 11) is 0. The molecule has 0 spiro atoms. The van der Waals surface area contributed by atoms with Crippen LogP contribution in [0.1, 0.15) is 57.1 Å². The molecule has 3 heterocycles. The average molecular weight is 445 g/mol. The number of hydrogen-bond acceptors (Lipinski definition) is 4. The molecule has 2 N–H and O–H groups in total. The third-order valence-corrected chi connectivity index (χ3v) is 7.84. The van der Waals surface area contributed by atoms with Crippen molar-refractivity contribution in [3.8, 4) is 0 Å². The normalized spacial score (nSPS) is 22.6. The van der Waals surface area contributed by atoms with Gasteiger partial charge in [-0.3, -0.25) is 9.79 Å². The maximum Gasteiger partial charge on any atom is 0.224 e. The predicted octanol–water partition coefficient (Wildman–Crippen LogP) is 5.44. The molecule has 0 bridgehead atoms. The van der Waals surface area contributed by atoms with Gasteiger partial charge >= 0.3 is 0 Å². The fourth-order valence-corrected chi connectivity index (χ4v) is 6.13. The highest BCUT2D eigenvalue weighted by Crippen LogP contribution is 2.33. The topological polar surface area (TPSA) is 60.5 Å². The second-order valence-corrected chi connectivity index (χ2v) is 10.2. The van der Waals surface area contributed by atoms with Gasteiger partial charge in [-0.15, -0.1) is 11.8 Å². The lowest BCUT2D eigenvalue weighted by Gasteiger charge is -2.27. The molecule has 1 aliphatic carbocycles. The summed E-state index contributed by atoms with van der Waals surface area (Å²) in [5, 5.41) is 6.55. The summed E-state index contributed by atoms with van der Waals surface area (Å²) >= 11 is 8.15. The smallest absolute Gasteiger partial charge is 0.224 e. The predicted molar refractivity (Wildman–Crippen MR) is 127 cm³/mol. The van der Waals surface area contributed by atoms with Gasteiger partial charge in [0, 0.05) is 35.3 Å². The van der Waals surface area contributed by atoms with Gasteiger partial charge in [0.1, 0.15) is 5.04 Å². The number of fused-ring (bicyclic) bond motifs is 1. The number of thioether (sulfide) groups is 1. The average Bonchev–Trinajstić information content (AvgIpc) is 3.49. The van der Waals surface area contributed by atoms with Crippen LogP contribution in [0.15, 0.2) is 23.2 Å². The molecule has 1 atom stereocenters. The Labute approximate surface area is 187 Å². The number of amides is 1. The van der Waals surface area contributed by atoms with Gasteiger partial charge in [0.15, 0.2) is 0 Å². The number of carbonyl (C=O) groups excluding carboxylic acids is 1. The van der Waals surface area contributed by atoms with E-state index >= 15 is 0 Å². The molecule has 30 heavy (non-hydrogen) atoms. The minimum Gasteiger partial charge on any atom is -0.381 e. The first-order chi connectivity index (χ1) is 14.7. The molecule has 7 heteroatoms. The Morgan fingerprint density at radius 1 is 1.17 bits per heavy atom. The van der Waals surface area contributed by atoms with Gasteiger partial charge in [-0.1, -0.05) is 24.4 Å². The number of carbonyl (C=O) groups is 1. The molecular weight excluding hydrogens is 416 g/mol. The van der Waals surface area contributed by atoms with Crippen LogP contribution in [0.4, 0.5) is 5.69 Å². The van der Waals surface area contributed by atoms with Gasteiger partial charge in [0.25, 0.3) is 0 Å². The molecule has 0 radical (unpaired) electrons. The van der Waals surface area contributed by atoms with Gasteiger partial charge < -0.3 is 15.2 Å². The summed E-state index contributed by atoms with van der Waals surface area (Å²) in [5.74, 6) is 1.13. The third-order valence-electron chi connectivity index (χ3n) is 6.47. The highest BCUT2D eigenvalue weighted by atomic mass is 35.5. The lowest BCUT2D eigenvalue weighted by Crippen LogP contribution is -2.37. The number of piperidine rings is 1. The number of benzene rings is 1. The second-order valence-electron chi connectivity index (χ2n) is 8.77. The third kappa shape index (κ3) is 4.35. The molecule has 3 aliphatic rings. The minimum absolute atomic E-state index is 0.0745. The highest BCUT2D eigenvalue weighted by molar-refractivity contribution is 8.14. The van der Waals surface area contributed by atoms with Crippen LogP contribution in [0.3, 0.4) is 0 Å². The largest absolute Gasteiger partial charge is 0.381 e. The van der Waals surface area contributed by atoms with Crippen molar-refractivity contribution in [1.82, 2.24) is 9.88 Å². The summed E-state index contributed by atoms with van der Waals surface area (Å²) in [6.45, 7) is 1.82. The first-order valence-electron chi connectivity index (χ1n) is 11.2. The number of aromatic nitrogens is 1. The van der Waals surface area contributed by atoms with Gasteiger partial charge in [-0.05, 0) is 50.3 Å². The fourth-order valence-electron chi connectivity index (χ4n) is 4.87. The Balaban J connectivity index is 1.33. The van der Waals surface area contributed by atoms with E-state index in [-0.39, 0.29) is 11.9 Å². The van der Waals surface area contributed by atoms with E-state index < -0.39 is 0 Å². The highest BCUT2D eigenvalue weighted by Gasteiger charge is 2.26. The van der Waals surface area contributed by atoms with E-state index in [0.717, 1.165) is 64.0 Å². The molecule has 160 valence electrons. The lowest BCUT2D eigenvalue weighted by molar-refractivity contribution is -0.132. The second kappa shape index (κ2) is 8.83. The monoisotopic (exact) mass is 444 g/mol. The Morgan fingerprint density at radius 2 is 1.97 bits per heavy atom. The number of hydrogen-bond donors (Lipinski definition) is 2. The molecule has 1 amide bonds. The molecule has 5 nitrogen and oxygen atoms in total. The number of aromatic amines is 1. The number of H-pyrrole nitrogens is 1. The SMILES string of the molecule is O=C(C[C@@H]1CSC(c2cc3cc(Cl)cc(NC4CCCC4)c3[nH]2)=N1)N1CCCCC1. The summed E-state index contributed by atoms with van der Waals surface area (Å²) in [6, 6.07) is 6.77. The van der Waals surface area contributed by atoms with Crippen molar-refractivity contribution < 1.29 is 4.79 Å². The molecule has 1 saturated heterocycles. The Hall–Kier alpha value is -1.66. The number of nitrogens with one attached hydrogen (secondary N) is 2. The van der Waals surface area contributed by atoms with Crippen molar-refractivity contribution in [2.75, 3.05) is 24.2 Å². The van der Waals surface area contributed by atoms with E-state index in [1.54, 1.807) is 11.8 Å². The number of rotatable bonds is 5. The van der Waals surface area contributed by atoms with Gasteiger partial charge in [-0.25, -0.2) is 0 Å². The number of anilines is 1. The first kappa shape index (κ1) is 20.3. The quantitative estimate of drug-likeness (QED) is 0.645. The van der Waals surface area contributed by atoms with Crippen LogP contribution in [0.5, 0.6) is 0 Å². The van der Waals surface area contributed by atoms with Crippen LogP contribution >= 0.6 is 23.4 Å². The Bertz CT molecular complexity index is 960. The molecule has 5 rings (SSSR count). The van der Waals surface area contributed by atoms with Crippen LogP contribution in [0.25, 0.3) is 10.9 Å². The van der Waals surface area contributed by atoms with Crippen molar-refractivity contribution >= 4 is 50.9 Å². The number of aliphatic imine (C=N–C) groups is 1. The van der Waals surface area contributed by atoms with Gasteiger partial charge in [0.05, 0.1) is 29.4 Å². The van der Waals surface area contributed by atoms with Crippen LogP contribution in [-0.4, -0.2) is 51.8 Å². The molecule has 1 saturated carbocycles. The molecular formula is C23H29ClN4OS. The van der Waals surface area contributed by atoms with E-state index in [2.05, 4.69) is 16.4 Å². The number of halogens is 1. The first-order valence-corrected chi connectivity index (χ1v) is 12.6. The Morgan fingerprint density at radius 3 is 2.77 bits per heavy atom. The zero-order valence-electron chi connectivity index (χ0n) is 17.3. The van der Waals surface area contributed by atoms with Gasteiger partial charge in [0.2, 0.25) is 5.91 Å². The van der Waals surface area contributed by atoms with Gasteiger partial charge in [-0.2, -0.15) is 0 Å². The fraction of sp³-hybridized carbons (Fsp3) is 0.565. The van der Waals surface area contributed by atoms with Crippen molar-refractivity contribution in [2.24, 2.45) is 4.99 Å². The van der Waals surface area contributed by atoms with Crippen molar-refractivity contribution in [1.29, 1.82) is 0 Å². The maximum absolute atomic E-state index is 12.6. The molecule has 1 aromatic heterocycles. The van der Waals surface area contributed by atoms with Crippen LogP contribution < -0.4 is 5.32 Å². The van der Waals surface area contributed by atoms with Crippen LogP contribution in [0.2, 0.25) is 5.02 Å². The molecule has 0 unspecified atom stereocenters. The maximum atomic E-state index is 12.6. The van der Waals surface area contributed by atoms with E-state index in [1.807, 2.05) is 17.0 Å². The number of likely N-dealkylation sites (tertiary alicyclic amines) is 1. The van der Waals surface area contributed by atoms with Crippen LogP contribution in [-0.2, 0) is 4.79 Å². The van der Waals surface area contributed by atoms with E-state index in [0.29, 0.717) is 12.5 Å². The summed E-state index contributed by atoms with van der Waals surface area (Å²) in [6.07, 6.45) is 9.06. The number of nitrogens with zero attached hydrogens (tertiary/aromatic N) is 2. The molecule has 1 aromatic carbocycles. The minimum atomic E-state index is 0.0745. The zero-order valence-corrected chi connectivity index (χ0v) is 18.8. The van der Waals surface area contributed by atoms with Crippen molar-refractivity contribution in [3.63, 3.8) is 0 Å². The van der Waals surface area contributed by atoms with E-state index in [9.17, 15) is 4.79 Å². The van der Waals surface area contributed by atoms with Crippen LogP contribution in [0, 0.1) is 0 Å². The summed E-state index contributed by atoms with van der Waals surface area (Å²) < 4.78 is 0. The molecule has 2 aromatic rings. The Kier molecular flexibility index (Phi) is 5.96. The van der Waals surface area contributed by atoms with E-state index in [4.69, 9.17) is 16.6 Å². The molecule has 2 fully saturated rings. The zero-order chi connectivity index (χ0) is 20.5. The summed E-state index contributed by atoms with van der Waals surface area (Å²) in [4.78, 5) is 23.1. The standard InChI is InChI=1S/C23H29ClN4OS/c24-16-10-15-11-20(27-22(15)19(12-16)25-17-6-2-3-7-17)23-26-18(14-30-23)13-21(29)28-8-4-1-5-9-28/h10-12,17-18,25,27H,1-9,13-14H2/t18-/m1/s1. The van der Waals surface area contributed by atoms with E-state index in [1.165, 1.54) is 32.1 Å². The summed E-state index contributed by atoms with van der Waals surface area (Å²) in [5.41, 5.74) is 3.20. The lowest BCUT2D eigenvalue weighted by atomic mass is 10.1.